The van der Waals surface area contributed by atoms with Crippen molar-refractivity contribution < 1.29 is 4.79 Å². The molecule has 4 aromatic rings. The van der Waals surface area contributed by atoms with E-state index in [1.807, 2.05) is 28.7 Å². The molecule has 2 unspecified atom stereocenters. The summed E-state index contributed by atoms with van der Waals surface area (Å²) in [5, 5.41) is 6.43. The number of carbonyl (C=O) groups excluding carboxylic acids is 1. The van der Waals surface area contributed by atoms with Gasteiger partial charge in [0.15, 0.2) is 11.2 Å². The van der Waals surface area contributed by atoms with E-state index >= 15 is 0 Å². The first-order chi connectivity index (χ1) is 17.6. The van der Waals surface area contributed by atoms with Crippen LogP contribution in [0.25, 0.3) is 26.2 Å². The third-order valence-corrected chi connectivity index (χ3v) is 9.16. The fourth-order valence-electron chi connectivity index (χ4n) is 6.25. The van der Waals surface area contributed by atoms with Gasteiger partial charge in [0.1, 0.15) is 16.2 Å². The molecule has 1 amide bonds. The van der Waals surface area contributed by atoms with Gasteiger partial charge in [0.05, 0.1) is 16.4 Å². The molecule has 0 saturated carbocycles. The molecule has 6 heterocycles. The Kier molecular flexibility index (Phi) is 5.23. The highest BCUT2D eigenvalue weighted by Gasteiger charge is 2.39. The average Bonchev–Trinajstić information content (AvgIpc) is 3.55. The molecule has 0 radical (unpaired) electrons. The van der Waals surface area contributed by atoms with Crippen LogP contribution in [0.1, 0.15) is 23.2 Å². The number of hydrogen-bond acceptors (Lipinski definition) is 8. The molecule has 2 atom stereocenters. The number of hydrogen-bond donors (Lipinski definition) is 2. The van der Waals surface area contributed by atoms with Crippen LogP contribution in [-0.2, 0) is 0 Å². The van der Waals surface area contributed by atoms with Crippen molar-refractivity contribution in [3.63, 3.8) is 0 Å². The van der Waals surface area contributed by atoms with Gasteiger partial charge in [0, 0.05) is 32.2 Å². The Morgan fingerprint density at radius 3 is 2.64 bits per heavy atom. The fraction of sp³-hybridized carbons (Fsp3) is 0.462. The molecule has 0 aliphatic carbocycles. The van der Waals surface area contributed by atoms with Gasteiger partial charge < -0.3 is 20.4 Å². The normalized spacial score (nSPS) is 23.2. The van der Waals surface area contributed by atoms with Gasteiger partial charge in [-0.1, -0.05) is 12.1 Å². The van der Waals surface area contributed by atoms with Crippen LogP contribution in [-0.4, -0.2) is 77.5 Å². The fourth-order valence-corrected chi connectivity index (χ4v) is 7.44. The second kappa shape index (κ2) is 8.50. The number of para-hydroxylation sites is 1. The summed E-state index contributed by atoms with van der Waals surface area (Å²) in [5.41, 5.74) is 1.53. The summed E-state index contributed by atoms with van der Waals surface area (Å²) in [7, 11) is 2.18. The molecule has 36 heavy (non-hydrogen) atoms. The maximum Gasteiger partial charge on any atom is 0.258 e. The van der Waals surface area contributed by atoms with Crippen LogP contribution in [0.2, 0.25) is 0 Å². The molecule has 2 N–H and O–H groups in total. The molecule has 10 heteroatoms. The molecule has 186 valence electrons. The highest BCUT2D eigenvalue weighted by atomic mass is 32.1. The monoisotopic (exact) mass is 503 g/mol. The Balaban J connectivity index is 1.37. The lowest BCUT2D eigenvalue weighted by molar-refractivity contribution is 0.0930. The van der Waals surface area contributed by atoms with Crippen molar-refractivity contribution in [2.75, 3.05) is 51.2 Å². The SMILES string of the molecule is CN1CC2CN(c3cnc4c(=O)c(C(=O)NC5CCNCC5)c5sc6ccccc6n5c4n3)CC2C1. The molecule has 0 bridgehead atoms. The second-order valence-electron chi connectivity index (χ2n) is 10.5. The van der Waals surface area contributed by atoms with Crippen LogP contribution in [0.4, 0.5) is 5.82 Å². The van der Waals surface area contributed by atoms with Crippen molar-refractivity contribution in [1.29, 1.82) is 0 Å². The molecule has 3 aromatic heterocycles. The molecule has 3 aliphatic heterocycles. The number of aromatic nitrogens is 3. The first-order valence-electron chi connectivity index (χ1n) is 12.7. The summed E-state index contributed by atoms with van der Waals surface area (Å²) in [5.74, 6) is 1.76. The van der Waals surface area contributed by atoms with Gasteiger partial charge in [-0.15, -0.1) is 11.3 Å². The number of rotatable bonds is 3. The maximum atomic E-state index is 13.7. The topological polar surface area (TPSA) is 94.9 Å². The van der Waals surface area contributed by atoms with Gasteiger partial charge in [-0.2, -0.15) is 0 Å². The predicted octanol–water partition coefficient (Wildman–Crippen LogP) is 1.94. The van der Waals surface area contributed by atoms with Crippen molar-refractivity contribution in [2.24, 2.45) is 11.8 Å². The number of nitrogens with one attached hydrogen (secondary N) is 2. The smallest absolute Gasteiger partial charge is 0.258 e. The summed E-state index contributed by atoms with van der Waals surface area (Å²) in [6.45, 7) is 5.85. The van der Waals surface area contributed by atoms with E-state index in [4.69, 9.17) is 4.98 Å². The molecule has 1 aromatic carbocycles. The van der Waals surface area contributed by atoms with E-state index in [9.17, 15) is 9.59 Å². The van der Waals surface area contributed by atoms with Crippen molar-refractivity contribution in [1.82, 2.24) is 29.9 Å². The van der Waals surface area contributed by atoms with Gasteiger partial charge in [0.2, 0.25) is 5.43 Å². The number of amides is 1. The van der Waals surface area contributed by atoms with Crippen LogP contribution in [0.15, 0.2) is 35.3 Å². The zero-order valence-corrected chi connectivity index (χ0v) is 21.1. The minimum absolute atomic E-state index is 0.0606. The van der Waals surface area contributed by atoms with E-state index in [2.05, 4.69) is 32.5 Å². The number of thiazole rings is 1. The number of likely N-dealkylation sites (tertiary alicyclic amines) is 1. The third-order valence-electron chi connectivity index (χ3n) is 8.02. The van der Waals surface area contributed by atoms with Gasteiger partial charge in [0.25, 0.3) is 5.91 Å². The Morgan fingerprint density at radius 1 is 1.11 bits per heavy atom. The van der Waals surface area contributed by atoms with E-state index < -0.39 is 0 Å². The highest BCUT2D eigenvalue weighted by molar-refractivity contribution is 7.24. The first-order valence-corrected chi connectivity index (χ1v) is 13.6. The summed E-state index contributed by atoms with van der Waals surface area (Å²) in [4.78, 5) is 42.2. The molecule has 3 saturated heterocycles. The summed E-state index contributed by atoms with van der Waals surface area (Å²) in [6.07, 6.45) is 3.42. The number of fused-ring (bicyclic) bond motifs is 6. The molecule has 9 nitrogen and oxygen atoms in total. The second-order valence-corrected chi connectivity index (χ2v) is 11.5. The molecule has 0 spiro atoms. The predicted molar refractivity (Wildman–Crippen MR) is 142 cm³/mol. The zero-order chi connectivity index (χ0) is 24.4. The van der Waals surface area contributed by atoms with Crippen molar-refractivity contribution in [3.05, 3.63) is 46.2 Å². The van der Waals surface area contributed by atoms with Gasteiger partial charge in [-0.25, -0.2) is 9.97 Å². The lowest BCUT2D eigenvalue weighted by Gasteiger charge is -2.23. The van der Waals surface area contributed by atoms with E-state index in [1.165, 1.54) is 11.3 Å². The molecule has 7 rings (SSSR count). The summed E-state index contributed by atoms with van der Waals surface area (Å²) in [6, 6.07) is 8.05. The molecular weight excluding hydrogens is 474 g/mol. The minimum atomic E-state index is -0.345. The number of carbonyl (C=O) groups is 1. The largest absolute Gasteiger partial charge is 0.355 e. The number of anilines is 1. The van der Waals surface area contributed by atoms with Crippen LogP contribution >= 0.6 is 11.3 Å². The zero-order valence-electron chi connectivity index (χ0n) is 20.2. The number of pyridine rings is 1. The third kappa shape index (κ3) is 3.50. The summed E-state index contributed by atoms with van der Waals surface area (Å²) >= 11 is 1.46. The van der Waals surface area contributed by atoms with Crippen molar-refractivity contribution >= 4 is 49.3 Å². The Bertz CT molecular complexity index is 1540. The van der Waals surface area contributed by atoms with Crippen molar-refractivity contribution in [3.8, 4) is 0 Å². The van der Waals surface area contributed by atoms with Crippen LogP contribution in [0.5, 0.6) is 0 Å². The van der Waals surface area contributed by atoms with Gasteiger partial charge in [-0.05, 0) is 56.9 Å². The lowest BCUT2D eigenvalue weighted by atomic mass is 10.0. The molecular formula is C26H29N7O2S. The first kappa shape index (κ1) is 22.1. The number of piperidine rings is 1. The van der Waals surface area contributed by atoms with Gasteiger partial charge in [-0.3, -0.25) is 14.0 Å². The van der Waals surface area contributed by atoms with Crippen LogP contribution in [0.3, 0.4) is 0 Å². The molecule has 3 fully saturated rings. The maximum absolute atomic E-state index is 13.7. The van der Waals surface area contributed by atoms with E-state index in [0.717, 1.165) is 68.1 Å². The quantitative estimate of drug-likeness (QED) is 0.441. The number of benzene rings is 1. The minimum Gasteiger partial charge on any atom is -0.355 e. The van der Waals surface area contributed by atoms with Crippen LogP contribution < -0.4 is 21.0 Å². The Hall–Kier alpha value is -3.08. The lowest BCUT2D eigenvalue weighted by Crippen LogP contribution is -2.44. The average molecular weight is 504 g/mol. The van der Waals surface area contributed by atoms with Gasteiger partial charge >= 0.3 is 0 Å². The standard InChI is InChI=1S/C26H29N7O2S/c1-31-11-15-13-32(14-16(15)12-31)20-10-28-22-23(34)21(25(35)29-17-6-8-27-9-7-17)26-33(24(22)30-20)18-4-2-3-5-19(18)36-26/h2-5,10,15-17,27H,6-9,11-14H2,1H3,(H,29,35). The van der Waals surface area contributed by atoms with Crippen LogP contribution in [0, 0.1) is 11.8 Å². The Morgan fingerprint density at radius 2 is 1.86 bits per heavy atom. The molecule has 3 aliphatic rings. The van der Waals surface area contributed by atoms with E-state index in [0.29, 0.717) is 22.3 Å². The Labute approximate surface area is 212 Å². The number of nitrogens with zero attached hydrogens (tertiary/aromatic N) is 5. The van der Waals surface area contributed by atoms with E-state index in [-0.39, 0.29) is 28.5 Å². The van der Waals surface area contributed by atoms with E-state index in [1.54, 1.807) is 6.20 Å². The highest BCUT2D eigenvalue weighted by Crippen LogP contribution is 2.34. The summed E-state index contributed by atoms with van der Waals surface area (Å²) < 4.78 is 2.97. The van der Waals surface area contributed by atoms with Crippen molar-refractivity contribution in [2.45, 2.75) is 18.9 Å².